The van der Waals surface area contributed by atoms with Crippen LogP contribution in [-0.2, 0) is 64.0 Å². The van der Waals surface area contributed by atoms with Crippen LogP contribution in [0.5, 0.6) is 0 Å². The number of amides is 12. The van der Waals surface area contributed by atoms with E-state index in [1.54, 1.807) is 118 Å². The summed E-state index contributed by atoms with van der Waals surface area (Å²) in [7, 11) is 0. The maximum atomic E-state index is 15.9. The van der Waals surface area contributed by atoms with Crippen LogP contribution in [0.25, 0.3) is 0 Å². The number of hydrogen-bond donors (Lipinski definition) is 18. The van der Waals surface area contributed by atoms with E-state index in [2.05, 4.69) is 80.7 Å². The number of hydrogen-bond acceptors (Lipinski definition) is 19. The normalized spacial score (nSPS) is 22.6. The minimum Gasteiger partial charge on any atom is -0.445 e. The van der Waals surface area contributed by atoms with Crippen molar-refractivity contribution in [3.8, 4) is 0 Å². The van der Waals surface area contributed by atoms with Crippen molar-refractivity contribution in [2.75, 3.05) is 26.2 Å². The Kier molecular flexibility index (Phi) is 37.0. The molecule has 20 N–H and O–H groups in total. The highest BCUT2D eigenvalue weighted by Gasteiger charge is 2.43. The number of alkyl carbamates (subject to hydrolysis) is 2. The lowest BCUT2D eigenvalue weighted by Crippen LogP contribution is -2.65. The molecule has 1 saturated heterocycles. The summed E-state index contributed by atoms with van der Waals surface area (Å²) in [6.07, 6.45) is -5.48. The average molecular weight is 1510 g/mol. The van der Waals surface area contributed by atoms with E-state index < -0.39 is 191 Å². The van der Waals surface area contributed by atoms with Crippen LogP contribution in [0.1, 0.15) is 173 Å². The number of nitrogens with zero attached hydrogens (tertiary/aromatic N) is 1. The van der Waals surface area contributed by atoms with Gasteiger partial charge in [0.15, 0.2) is 5.96 Å². The zero-order valence-electron chi connectivity index (χ0n) is 64.9. The van der Waals surface area contributed by atoms with Crippen molar-refractivity contribution in [1.82, 2.24) is 69.1 Å². The molecule has 1 aliphatic rings. The third kappa shape index (κ3) is 33.4. The number of guanidine groups is 1. The minimum absolute atomic E-state index is 0.0357. The highest BCUT2D eigenvalue weighted by Crippen LogP contribution is 2.26. The molecule has 33 nitrogen and oxygen atoms in total. The van der Waals surface area contributed by atoms with E-state index in [-0.39, 0.29) is 87.8 Å². The Morgan fingerprint density at radius 3 is 1.70 bits per heavy atom. The summed E-state index contributed by atoms with van der Waals surface area (Å²) in [6.45, 7) is 28.6. The maximum absolute atomic E-state index is 15.9. The monoisotopic (exact) mass is 1500 g/mol. The Labute approximate surface area is 628 Å². The molecule has 3 rings (SSSR count). The molecule has 0 bridgehead atoms. The SMILES string of the molecule is C=C1NC(CO)C(=O)N[C@H](c2ccccc2)[C@H](NC(=O)[C@H](CC(C)(C)C)NC(=O)[C@@H](CC(C)(C)C)NC(=O)OC(C)(C)C)C(=O)N[C@@H]([C@H](O)C(C)C)C(=O)N[C@@H](CC(C)C)C(=O)N[C@H](CCCN=C(N)N)C(=O)N[C@@H]([C@@H](C)CC)C(=O)N[C@@H]([C@H](C)O)C(=O)NCC(=O)N[C@H]1CCNC(=O)OCc1ccccc1. The number of benzene rings is 2. The number of nitrogens with one attached hydrogen (secondary N) is 13. The third-order valence-corrected chi connectivity index (χ3v) is 17.0. The average Bonchev–Trinajstić information content (AvgIpc) is 0.811. The van der Waals surface area contributed by atoms with Gasteiger partial charge in [-0.15, -0.1) is 0 Å². The Bertz CT molecular complexity index is 3330. The molecule has 2 aromatic carbocycles. The molecule has 1 heterocycles. The van der Waals surface area contributed by atoms with E-state index in [1.165, 1.54) is 32.9 Å². The van der Waals surface area contributed by atoms with Crippen LogP contribution in [0.3, 0.4) is 0 Å². The van der Waals surface area contributed by atoms with Gasteiger partial charge in [-0.25, -0.2) is 9.59 Å². The number of aliphatic hydroxyl groups excluding tert-OH is 3. The second-order valence-corrected chi connectivity index (χ2v) is 31.2. The van der Waals surface area contributed by atoms with Crippen molar-refractivity contribution in [2.45, 2.75) is 247 Å². The number of aliphatic imine (C=N–C) groups is 1. The lowest BCUT2D eigenvalue weighted by molar-refractivity contribution is -0.139. The number of nitrogens with two attached hydrogens (primary N) is 2. The molecule has 0 aromatic heterocycles. The van der Waals surface area contributed by atoms with E-state index in [9.17, 15) is 53.7 Å². The van der Waals surface area contributed by atoms with Crippen LogP contribution in [-0.4, -0.2) is 197 Å². The largest absolute Gasteiger partial charge is 0.445 e. The van der Waals surface area contributed by atoms with Gasteiger partial charge in [-0.3, -0.25) is 52.9 Å². The van der Waals surface area contributed by atoms with Crippen molar-refractivity contribution in [1.29, 1.82) is 0 Å². The van der Waals surface area contributed by atoms with Gasteiger partial charge in [0, 0.05) is 18.8 Å². The van der Waals surface area contributed by atoms with Crippen LogP contribution in [0, 0.1) is 28.6 Å². The molecule has 107 heavy (non-hydrogen) atoms. The van der Waals surface area contributed by atoms with Gasteiger partial charge in [-0.2, -0.15) is 0 Å². The van der Waals surface area contributed by atoms with E-state index in [1.807, 2.05) is 20.8 Å². The fraction of sp³-hybridized carbons (Fsp3) is 0.635. The van der Waals surface area contributed by atoms with Gasteiger partial charge in [0.05, 0.1) is 37.4 Å². The maximum Gasteiger partial charge on any atom is 0.408 e. The summed E-state index contributed by atoms with van der Waals surface area (Å²) in [5.74, 6) is -12.3. The Hall–Kier alpha value is -9.63. The number of carbonyl (C=O) groups is 12. The summed E-state index contributed by atoms with van der Waals surface area (Å²) in [5, 5.41) is 68.7. The first-order valence-corrected chi connectivity index (χ1v) is 36.3. The van der Waals surface area contributed by atoms with E-state index in [4.69, 9.17) is 20.9 Å². The first-order valence-electron chi connectivity index (χ1n) is 36.3. The number of carbonyl (C=O) groups excluding carboxylic acids is 12. The van der Waals surface area contributed by atoms with Gasteiger partial charge < -0.3 is 105 Å². The highest BCUT2D eigenvalue weighted by molar-refractivity contribution is 5.99. The zero-order chi connectivity index (χ0) is 80.8. The van der Waals surface area contributed by atoms with Gasteiger partial charge in [-0.1, -0.05) is 157 Å². The zero-order valence-corrected chi connectivity index (χ0v) is 64.9. The summed E-state index contributed by atoms with van der Waals surface area (Å²) in [4.78, 5) is 179. The molecule has 0 radical (unpaired) electrons. The summed E-state index contributed by atoms with van der Waals surface area (Å²) in [5.41, 5.74) is 9.47. The second-order valence-electron chi connectivity index (χ2n) is 31.2. The number of aliphatic hydroxyl groups is 3. The molecule has 1 unspecified atom stereocenters. The van der Waals surface area contributed by atoms with Crippen LogP contribution in [0.2, 0.25) is 0 Å². The van der Waals surface area contributed by atoms with Crippen LogP contribution in [0.4, 0.5) is 9.59 Å². The predicted molar refractivity (Wildman–Crippen MR) is 401 cm³/mol. The smallest absolute Gasteiger partial charge is 0.408 e. The Balaban J connectivity index is 2.46. The minimum atomic E-state index is -2.07. The standard InChI is InChI=1S/C74H120N16O17/c1-18-42(6)54-66(101)87-55(44(8)92)65(100)79-37-53(93)81-47(31-33-78-70(104)106-39-45-26-21-19-22-27-45)43(7)80-52(38-91)64(99)88-56(46-28-23-20-24-29-46)57(89-63(98)50(35-72(9,10)11)84-62(97)51(36-73(12,13)14)85-71(105)107-74(15,16)17)67(102)90-58(59(94)41(4)5)68(103)83-49(34-40(2)3)61(96)82-48(60(95)86-54)30-25-32-77-69(75)76/h19-24,26-29,40-42,44,47-52,54-59,80,91-92,94H,7,18,25,30-39H2,1-6,8-17H3,(H,78,104)(H,79,100)(H,81,93)(H,82,96)(H,83,103)(H,84,97)(H,85,105)(H,86,95)(H,87,101)(H,88,99)(H,89,98)(H,90,102)(H4,75,76,77)/t42-,44-,47-,48+,49-,50-,51+,52?,54-,55-,56+,57-,58-,59+/m0/s1. The second kappa shape index (κ2) is 43.2. The van der Waals surface area contributed by atoms with Crippen LogP contribution >= 0.6 is 0 Å². The predicted octanol–water partition coefficient (Wildman–Crippen LogP) is 0.942. The van der Waals surface area contributed by atoms with Crippen molar-refractivity contribution in [3.05, 3.63) is 84.1 Å². The Morgan fingerprint density at radius 1 is 0.617 bits per heavy atom. The lowest BCUT2D eigenvalue weighted by Gasteiger charge is -2.35. The van der Waals surface area contributed by atoms with Gasteiger partial charge in [0.2, 0.25) is 59.1 Å². The highest BCUT2D eigenvalue weighted by atomic mass is 16.6. The van der Waals surface area contributed by atoms with Gasteiger partial charge in [0.25, 0.3) is 0 Å². The molecule has 12 amide bonds. The summed E-state index contributed by atoms with van der Waals surface area (Å²) in [6, 6.07) is -1.53. The van der Waals surface area contributed by atoms with Gasteiger partial charge in [-0.05, 0) is 106 Å². The lowest BCUT2D eigenvalue weighted by atomic mass is 9.86. The number of ether oxygens (including phenoxy) is 2. The molecular formula is C74H120N16O17. The molecule has 2 aromatic rings. The van der Waals surface area contributed by atoms with E-state index >= 15 is 19.2 Å². The third-order valence-electron chi connectivity index (χ3n) is 17.0. The van der Waals surface area contributed by atoms with Crippen molar-refractivity contribution in [3.63, 3.8) is 0 Å². The topological polar surface area (TPSA) is 505 Å². The van der Waals surface area contributed by atoms with Crippen LogP contribution < -0.4 is 80.6 Å². The molecule has 33 heteroatoms. The first-order chi connectivity index (χ1) is 49.8. The molecule has 0 spiro atoms. The summed E-state index contributed by atoms with van der Waals surface area (Å²) >= 11 is 0. The van der Waals surface area contributed by atoms with Crippen molar-refractivity contribution < 1.29 is 82.3 Å². The molecule has 1 fully saturated rings. The molecule has 0 aliphatic carbocycles. The van der Waals surface area contributed by atoms with Crippen LogP contribution in [0.15, 0.2) is 77.9 Å². The van der Waals surface area contributed by atoms with Crippen molar-refractivity contribution >= 4 is 77.2 Å². The number of rotatable bonds is 25. The molecular weight excluding hydrogens is 1380 g/mol. The molecule has 1 aliphatic heterocycles. The van der Waals surface area contributed by atoms with Crippen molar-refractivity contribution in [2.24, 2.45) is 45.0 Å². The first kappa shape index (κ1) is 91.6. The fourth-order valence-corrected chi connectivity index (χ4v) is 11.2. The quantitative estimate of drug-likeness (QED) is 0.0374. The van der Waals surface area contributed by atoms with E-state index in [0.29, 0.717) is 5.56 Å². The molecule has 14 atom stereocenters. The fourth-order valence-electron chi connectivity index (χ4n) is 11.2. The van der Waals surface area contributed by atoms with Gasteiger partial charge in [0.1, 0.15) is 66.6 Å². The molecule has 598 valence electrons. The molecule has 0 saturated carbocycles. The summed E-state index contributed by atoms with van der Waals surface area (Å²) < 4.78 is 10.9. The Morgan fingerprint density at radius 2 is 1.16 bits per heavy atom. The van der Waals surface area contributed by atoms with E-state index in [0.717, 1.165) is 0 Å². The van der Waals surface area contributed by atoms with Gasteiger partial charge >= 0.3 is 12.2 Å².